The first-order valence-corrected chi connectivity index (χ1v) is 5.19. The molecule has 7 heteroatoms. The first-order valence-electron chi connectivity index (χ1n) is 5.19. The molecule has 2 amide bonds. The summed E-state index contributed by atoms with van der Waals surface area (Å²) < 4.78 is 37.2. The van der Waals surface area contributed by atoms with Crippen LogP contribution in [0, 0.1) is 0 Å². The largest absolute Gasteiger partial charge is 0.416 e. The van der Waals surface area contributed by atoms with E-state index in [1.54, 1.807) is 0 Å². The fraction of sp³-hybridized carbons (Fsp3) is 0.364. The summed E-state index contributed by atoms with van der Waals surface area (Å²) >= 11 is 0. The van der Waals surface area contributed by atoms with Gasteiger partial charge in [-0.25, -0.2) is 4.79 Å². The Labute approximate surface area is 102 Å². The summed E-state index contributed by atoms with van der Waals surface area (Å²) in [4.78, 5) is 11.3. The number of halogens is 3. The van der Waals surface area contributed by atoms with Crippen LogP contribution >= 0.6 is 0 Å². The third-order valence-electron chi connectivity index (χ3n) is 2.01. The molecule has 3 N–H and O–H groups in total. The second-order valence-corrected chi connectivity index (χ2v) is 3.76. The second kappa shape index (κ2) is 5.72. The van der Waals surface area contributed by atoms with E-state index in [-0.39, 0.29) is 12.2 Å². The molecule has 1 aromatic carbocycles. The summed E-state index contributed by atoms with van der Waals surface area (Å²) in [6, 6.07) is 3.63. The van der Waals surface area contributed by atoms with Crippen molar-refractivity contribution in [2.24, 2.45) is 0 Å². The SMILES string of the molecule is C[C@@H](O)CNC(=O)Nc1cccc(C(F)(F)F)c1. The number of anilines is 1. The second-order valence-electron chi connectivity index (χ2n) is 3.76. The lowest BCUT2D eigenvalue weighted by atomic mass is 10.2. The highest BCUT2D eigenvalue weighted by Gasteiger charge is 2.30. The number of benzene rings is 1. The van der Waals surface area contributed by atoms with Gasteiger partial charge in [0.05, 0.1) is 11.7 Å². The topological polar surface area (TPSA) is 61.4 Å². The van der Waals surface area contributed by atoms with Crippen molar-refractivity contribution in [1.29, 1.82) is 0 Å². The Balaban J connectivity index is 2.65. The predicted octanol–water partition coefficient (Wildman–Crippen LogP) is 2.21. The summed E-state index contributed by atoms with van der Waals surface area (Å²) in [7, 11) is 0. The van der Waals surface area contributed by atoms with E-state index in [9.17, 15) is 18.0 Å². The third-order valence-corrected chi connectivity index (χ3v) is 2.01. The molecule has 0 saturated carbocycles. The molecule has 0 aliphatic rings. The first-order chi connectivity index (χ1) is 8.29. The lowest BCUT2D eigenvalue weighted by Crippen LogP contribution is -2.34. The summed E-state index contributed by atoms with van der Waals surface area (Å²) in [5.41, 5.74) is -0.802. The van der Waals surface area contributed by atoms with Crippen LogP contribution in [0.1, 0.15) is 12.5 Å². The van der Waals surface area contributed by atoms with E-state index in [1.165, 1.54) is 19.1 Å². The fourth-order valence-corrected chi connectivity index (χ4v) is 1.19. The number of rotatable bonds is 3. The highest BCUT2D eigenvalue weighted by molar-refractivity contribution is 5.89. The zero-order valence-electron chi connectivity index (χ0n) is 9.58. The lowest BCUT2D eigenvalue weighted by Gasteiger charge is -2.11. The molecule has 0 spiro atoms. The van der Waals surface area contributed by atoms with E-state index in [4.69, 9.17) is 5.11 Å². The molecule has 0 aliphatic carbocycles. The summed E-state index contributed by atoms with van der Waals surface area (Å²) in [5.74, 6) is 0. The Kier molecular flexibility index (Phi) is 4.55. The Bertz CT molecular complexity index is 419. The van der Waals surface area contributed by atoms with Gasteiger partial charge in [-0.05, 0) is 25.1 Å². The van der Waals surface area contributed by atoms with Gasteiger partial charge in [0.25, 0.3) is 0 Å². The molecule has 18 heavy (non-hydrogen) atoms. The number of urea groups is 1. The number of carbonyl (C=O) groups excluding carboxylic acids is 1. The third kappa shape index (κ3) is 4.62. The summed E-state index contributed by atoms with van der Waals surface area (Å²) in [6.07, 6.45) is -5.18. The van der Waals surface area contributed by atoms with Gasteiger partial charge < -0.3 is 15.7 Å². The fourth-order valence-electron chi connectivity index (χ4n) is 1.19. The predicted molar refractivity (Wildman–Crippen MR) is 60.1 cm³/mol. The summed E-state index contributed by atoms with van der Waals surface area (Å²) in [6.45, 7) is 1.50. The number of aliphatic hydroxyl groups excluding tert-OH is 1. The van der Waals surface area contributed by atoms with Gasteiger partial charge in [-0.2, -0.15) is 13.2 Å². The maximum absolute atomic E-state index is 12.4. The van der Waals surface area contributed by atoms with Gasteiger partial charge in [-0.15, -0.1) is 0 Å². The zero-order chi connectivity index (χ0) is 13.8. The van der Waals surface area contributed by atoms with Crippen molar-refractivity contribution in [1.82, 2.24) is 5.32 Å². The van der Waals surface area contributed by atoms with Crippen molar-refractivity contribution in [3.63, 3.8) is 0 Å². The van der Waals surface area contributed by atoms with Crippen LogP contribution < -0.4 is 10.6 Å². The molecule has 1 atom stereocenters. The Hall–Kier alpha value is -1.76. The first kappa shape index (κ1) is 14.3. The number of carbonyl (C=O) groups is 1. The van der Waals surface area contributed by atoms with E-state index in [0.29, 0.717) is 0 Å². The van der Waals surface area contributed by atoms with Gasteiger partial charge in [0.1, 0.15) is 0 Å². The molecular weight excluding hydrogens is 249 g/mol. The number of nitrogens with one attached hydrogen (secondary N) is 2. The van der Waals surface area contributed by atoms with Crippen molar-refractivity contribution < 1.29 is 23.1 Å². The van der Waals surface area contributed by atoms with Gasteiger partial charge >= 0.3 is 12.2 Å². The van der Waals surface area contributed by atoms with Gasteiger partial charge in [-0.3, -0.25) is 0 Å². The Morgan fingerprint density at radius 3 is 2.67 bits per heavy atom. The van der Waals surface area contributed by atoms with E-state index >= 15 is 0 Å². The normalized spacial score (nSPS) is 12.9. The van der Waals surface area contributed by atoms with Crippen LogP contribution in [0.3, 0.4) is 0 Å². The average Bonchev–Trinajstić information content (AvgIpc) is 2.25. The van der Waals surface area contributed by atoms with Crippen molar-refractivity contribution in [2.75, 3.05) is 11.9 Å². The number of amides is 2. The molecule has 4 nitrogen and oxygen atoms in total. The van der Waals surface area contributed by atoms with Crippen LogP contribution in [0.4, 0.5) is 23.7 Å². The number of aliphatic hydroxyl groups is 1. The van der Waals surface area contributed by atoms with E-state index < -0.39 is 23.9 Å². The monoisotopic (exact) mass is 262 g/mol. The molecule has 0 saturated heterocycles. The Morgan fingerprint density at radius 1 is 1.44 bits per heavy atom. The van der Waals surface area contributed by atoms with Crippen LogP contribution in [0.5, 0.6) is 0 Å². The lowest BCUT2D eigenvalue weighted by molar-refractivity contribution is -0.137. The molecule has 0 bridgehead atoms. The van der Waals surface area contributed by atoms with Crippen LogP contribution in [-0.2, 0) is 6.18 Å². The minimum absolute atomic E-state index is 0.0186. The molecule has 0 heterocycles. The average molecular weight is 262 g/mol. The number of hydrogen-bond acceptors (Lipinski definition) is 2. The van der Waals surface area contributed by atoms with Crippen molar-refractivity contribution in [3.8, 4) is 0 Å². The number of alkyl halides is 3. The molecule has 0 unspecified atom stereocenters. The quantitative estimate of drug-likeness (QED) is 0.782. The van der Waals surface area contributed by atoms with Gasteiger partial charge in [0, 0.05) is 12.2 Å². The highest BCUT2D eigenvalue weighted by atomic mass is 19.4. The van der Waals surface area contributed by atoms with E-state index in [0.717, 1.165) is 12.1 Å². The smallest absolute Gasteiger partial charge is 0.392 e. The van der Waals surface area contributed by atoms with Crippen molar-refractivity contribution in [3.05, 3.63) is 29.8 Å². The molecule has 0 radical (unpaired) electrons. The van der Waals surface area contributed by atoms with Crippen LogP contribution in [0.15, 0.2) is 24.3 Å². The minimum atomic E-state index is -4.45. The molecule has 100 valence electrons. The van der Waals surface area contributed by atoms with Gasteiger partial charge in [0.15, 0.2) is 0 Å². The van der Waals surface area contributed by atoms with E-state index in [2.05, 4.69) is 10.6 Å². The molecule has 0 fully saturated rings. The van der Waals surface area contributed by atoms with Crippen molar-refractivity contribution >= 4 is 11.7 Å². The standard InChI is InChI=1S/C11H13F3N2O2/c1-7(17)6-15-10(18)16-9-4-2-3-8(5-9)11(12,13)14/h2-5,7,17H,6H2,1H3,(H2,15,16,18)/t7-/m1/s1. The van der Waals surface area contributed by atoms with Crippen LogP contribution in [0.25, 0.3) is 0 Å². The molecule has 0 aliphatic heterocycles. The van der Waals surface area contributed by atoms with E-state index in [1.807, 2.05) is 0 Å². The zero-order valence-corrected chi connectivity index (χ0v) is 9.58. The molecule has 1 aromatic rings. The summed E-state index contributed by atoms with van der Waals surface area (Å²) in [5, 5.41) is 13.5. The molecule has 0 aromatic heterocycles. The maximum Gasteiger partial charge on any atom is 0.416 e. The minimum Gasteiger partial charge on any atom is -0.392 e. The maximum atomic E-state index is 12.4. The highest BCUT2D eigenvalue weighted by Crippen LogP contribution is 2.30. The molecule has 1 rings (SSSR count). The molecular formula is C11H13F3N2O2. The van der Waals surface area contributed by atoms with Crippen LogP contribution in [0.2, 0.25) is 0 Å². The van der Waals surface area contributed by atoms with Gasteiger partial charge in [0.2, 0.25) is 0 Å². The van der Waals surface area contributed by atoms with Gasteiger partial charge in [-0.1, -0.05) is 6.07 Å². The van der Waals surface area contributed by atoms with Crippen LogP contribution in [-0.4, -0.2) is 23.8 Å². The number of hydrogen-bond donors (Lipinski definition) is 3. The Morgan fingerprint density at radius 2 is 2.11 bits per heavy atom. The van der Waals surface area contributed by atoms with Crippen molar-refractivity contribution in [2.45, 2.75) is 19.2 Å².